The van der Waals surface area contributed by atoms with Gasteiger partial charge in [0.05, 0.1) is 17.8 Å². The van der Waals surface area contributed by atoms with Gasteiger partial charge in [0, 0.05) is 19.8 Å². The van der Waals surface area contributed by atoms with Gasteiger partial charge >= 0.3 is 6.18 Å². The molecule has 0 saturated heterocycles. The maximum Gasteiger partial charge on any atom is 0.416 e. The molecule has 2 rings (SSSR count). The van der Waals surface area contributed by atoms with Crippen molar-refractivity contribution in [3.63, 3.8) is 0 Å². The number of aromatic nitrogens is 1. The highest BCUT2D eigenvalue weighted by atomic mass is 19.4. The summed E-state index contributed by atoms with van der Waals surface area (Å²) >= 11 is 0. The van der Waals surface area contributed by atoms with E-state index >= 15 is 0 Å². The highest BCUT2D eigenvalue weighted by Crippen LogP contribution is 2.29. The van der Waals surface area contributed by atoms with Crippen molar-refractivity contribution in [3.8, 4) is 0 Å². The molecule has 0 unspecified atom stereocenters. The van der Waals surface area contributed by atoms with Crippen LogP contribution in [-0.2, 0) is 19.1 Å². The molecule has 0 aliphatic heterocycles. The highest BCUT2D eigenvalue weighted by Gasteiger charge is 2.29. The number of aryl methyl sites for hydroxylation is 1. The molecular weight excluding hydrogens is 329 g/mol. The Morgan fingerprint density at radius 3 is 2.44 bits per heavy atom. The van der Waals surface area contributed by atoms with Crippen LogP contribution in [0.15, 0.2) is 47.6 Å². The normalized spacial score (nSPS) is 12.1. The molecule has 0 fully saturated rings. The summed E-state index contributed by atoms with van der Waals surface area (Å²) in [7, 11) is 1.67. The zero-order valence-corrected chi connectivity index (χ0v) is 14.2. The van der Waals surface area contributed by atoms with Crippen LogP contribution in [0.4, 0.5) is 13.2 Å². The van der Waals surface area contributed by atoms with E-state index in [1.807, 2.05) is 19.1 Å². The van der Waals surface area contributed by atoms with E-state index in [1.54, 1.807) is 13.2 Å². The summed E-state index contributed by atoms with van der Waals surface area (Å²) in [5.41, 5.74) is 2.23. The van der Waals surface area contributed by atoms with Gasteiger partial charge in [0.1, 0.15) is 0 Å². The first-order chi connectivity index (χ1) is 11.9. The minimum absolute atomic E-state index is 0.548. The molecule has 1 aromatic heterocycles. The Labute approximate surface area is 145 Å². The SMILES string of the molecule is CN=C(NCCc1ccc(C(F)(F)F)cc1)NCc1ncccc1C. The van der Waals surface area contributed by atoms with E-state index in [2.05, 4.69) is 20.6 Å². The van der Waals surface area contributed by atoms with Gasteiger partial charge in [0.15, 0.2) is 5.96 Å². The Balaban J connectivity index is 1.80. The summed E-state index contributed by atoms with van der Waals surface area (Å²) in [6, 6.07) is 9.08. The average molecular weight is 350 g/mol. The van der Waals surface area contributed by atoms with Gasteiger partial charge in [-0.1, -0.05) is 18.2 Å². The summed E-state index contributed by atoms with van der Waals surface area (Å²) in [5.74, 6) is 0.622. The minimum atomic E-state index is -4.30. The van der Waals surface area contributed by atoms with Crippen LogP contribution in [0.3, 0.4) is 0 Å². The number of nitrogens with one attached hydrogen (secondary N) is 2. The molecule has 134 valence electrons. The Morgan fingerprint density at radius 1 is 1.12 bits per heavy atom. The molecule has 0 bridgehead atoms. The summed E-state index contributed by atoms with van der Waals surface area (Å²) < 4.78 is 37.6. The Bertz CT molecular complexity index is 709. The molecule has 0 atom stereocenters. The van der Waals surface area contributed by atoms with Crippen molar-refractivity contribution < 1.29 is 13.2 Å². The maximum absolute atomic E-state index is 12.5. The Kier molecular flexibility index (Phi) is 6.38. The lowest BCUT2D eigenvalue weighted by Gasteiger charge is -2.13. The first-order valence-electron chi connectivity index (χ1n) is 7.91. The zero-order chi connectivity index (χ0) is 18.3. The molecule has 0 aliphatic carbocycles. The van der Waals surface area contributed by atoms with E-state index in [9.17, 15) is 13.2 Å². The first-order valence-corrected chi connectivity index (χ1v) is 7.91. The molecule has 0 aliphatic rings. The largest absolute Gasteiger partial charge is 0.416 e. The van der Waals surface area contributed by atoms with E-state index in [0.717, 1.165) is 29.0 Å². The first kappa shape index (κ1) is 18.8. The van der Waals surface area contributed by atoms with Crippen LogP contribution in [0.25, 0.3) is 0 Å². The quantitative estimate of drug-likeness (QED) is 0.642. The molecule has 25 heavy (non-hydrogen) atoms. The monoisotopic (exact) mass is 350 g/mol. The summed E-state index contributed by atoms with van der Waals surface area (Å²) in [6.07, 6.45) is -1.96. The molecule has 0 saturated carbocycles. The van der Waals surface area contributed by atoms with E-state index in [0.29, 0.717) is 25.5 Å². The van der Waals surface area contributed by atoms with Gasteiger partial charge in [-0.05, 0) is 42.7 Å². The lowest BCUT2D eigenvalue weighted by molar-refractivity contribution is -0.137. The molecule has 2 aromatic rings. The van der Waals surface area contributed by atoms with Crippen molar-refractivity contribution in [1.29, 1.82) is 0 Å². The van der Waals surface area contributed by atoms with Gasteiger partial charge in [-0.25, -0.2) is 0 Å². The van der Waals surface area contributed by atoms with Crippen LogP contribution < -0.4 is 10.6 Å². The number of hydrogen-bond donors (Lipinski definition) is 2. The Hall–Kier alpha value is -2.57. The van der Waals surface area contributed by atoms with Crippen molar-refractivity contribution in [3.05, 3.63) is 65.0 Å². The summed E-state index contributed by atoms with van der Waals surface area (Å²) in [6.45, 7) is 3.10. The second-order valence-corrected chi connectivity index (χ2v) is 5.56. The number of aliphatic imine (C=N–C) groups is 1. The number of alkyl halides is 3. The molecular formula is C18H21F3N4. The van der Waals surface area contributed by atoms with Crippen LogP contribution in [0.5, 0.6) is 0 Å². The predicted octanol–water partition coefficient (Wildman–Crippen LogP) is 3.32. The third kappa shape index (κ3) is 5.77. The van der Waals surface area contributed by atoms with Gasteiger partial charge in [-0.15, -0.1) is 0 Å². The number of rotatable bonds is 5. The molecule has 7 heteroatoms. The summed E-state index contributed by atoms with van der Waals surface area (Å²) in [4.78, 5) is 8.43. The second kappa shape index (κ2) is 8.50. The van der Waals surface area contributed by atoms with Crippen LogP contribution >= 0.6 is 0 Å². The topological polar surface area (TPSA) is 49.3 Å². The molecule has 2 N–H and O–H groups in total. The Morgan fingerprint density at radius 2 is 1.84 bits per heavy atom. The van der Waals surface area contributed by atoms with Crippen molar-refractivity contribution in [2.75, 3.05) is 13.6 Å². The number of guanidine groups is 1. The third-order valence-corrected chi connectivity index (χ3v) is 3.75. The standard InChI is InChI=1S/C18H21F3N4/c1-13-4-3-10-23-16(13)12-25-17(22-2)24-11-9-14-5-7-15(8-6-14)18(19,20)21/h3-8,10H,9,11-12H2,1-2H3,(H2,22,24,25). The lowest BCUT2D eigenvalue weighted by Crippen LogP contribution is -2.38. The zero-order valence-electron chi connectivity index (χ0n) is 14.2. The maximum atomic E-state index is 12.5. The van der Waals surface area contributed by atoms with Crippen LogP contribution in [0.2, 0.25) is 0 Å². The number of halogens is 3. The van der Waals surface area contributed by atoms with Gasteiger partial charge in [-0.2, -0.15) is 13.2 Å². The molecule has 4 nitrogen and oxygen atoms in total. The minimum Gasteiger partial charge on any atom is -0.356 e. The van der Waals surface area contributed by atoms with E-state index in [4.69, 9.17) is 0 Å². The van der Waals surface area contributed by atoms with Crippen molar-refractivity contribution in [2.24, 2.45) is 4.99 Å². The molecule has 0 spiro atoms. The van der Waals surface area contributed by atoms with Crippen molar-refractivity contribution >= 4 is 5.96 Å². The van der Waals surface area contributed by atoms with Crippen LogP contribution in [0.1, 0.15) is 22.4 Å². The van der Waals surface area contributed by atoms with Crippen molar-refractivity contribution in [2.45, 2.75) is 26.1 Å². The van der Waals surface area contributed by atoms with Gasteiger partial charge in [0.25, 0.3) is 0 Å². The molecule has 1 heterocycles. The van der Waals surface area contributed by atoms with E-state index < -0.39 is 11.7 Å². The van der Waals surface area contributed by atoms with Crippen molar-refractivity contribution in [1.82, 2.24) is 15.6 Å². The van der Waals surface area contributed by atoms with E-state index in [-0.39, 0.29) is 0 Å². The highest BCUT2D eigenvalue weighted by molar-refractivity contribution is 5.79. The fraction of sp³-hybridized carbons (Fsp3) is 0.333. The molecule has 1 aromatic carbocycles. The van der Waals surface area contributed by atoms with Gasteiger partial charge < -0.3 is 10.6 Å². The number of hydrogen-bond acceptors (Lipinski definition) is 2. The number of benzene rings is 1. The second-order valence-electron chi connectivity index (χ2n) is 5.56. The van der Waals surface area contributed by atoms with Gasteiger partial charge in [-0.3, -0.25) is 9.98 Å². The predicted molar refractivity (Wildman–Crippen MR) is 92.3 cm³/mol. The third-order valence-electron chi connectivity index (χ3n) is 3.75. The fourth-order valence-corrected chi connectivity index (χ4v) is 2.28. The average Bonchev–Trinajstić information content (AvgIpc) is 2.59. The molecule has 0 amide bonds. The van der Waals surface area contributed by atoms with Gasteiger partial charge in [0.2, 0.25) is 0 Å². The lowest BCUT2D eigenvalue weighted by atomic mass is 10.1. The molecule has 0 radical (unpaired) electrons. The van der Waals surface area contributed by atoms with Crippen LogP contribution in [-0.4, -0.2) is 24.5 Å². The number of nitrogens with zero attached hydrogens (tertiary/aromatic N) is 2. The van der Waals surface area contributed by atoms with E-state index in [1.165, 1.54) is 12.1 Å². The number of pyridine rings is 1. The van der Waals surface area contributed by atoms with Crippen LogP contribution in [0, 0.1) is 6.92 Å². The fourth-order valence-electron chi connectivity index (χ4n) is 2.28. The smallest absolute Gasteiger partial charge is 0.356 e. The summed E-state index contributed by atoms with van der Waals surface area (Å²) in [5, 5.41) is 6.31.